The Balaban J connectivity index is 1.58. The van der Waals surface area contributed by atoms with Crippen molar-refractivity contribution in [2.24, 2.45) is 0 Å². The van der Waals surface area contributed by atoms with Crippen LogP contribution in [0.15, 0.2) is 66.7 Å². The number of alkyl halides is 4. The van der Waals surface area contributed by atoms with E-state index in [1.54, 1.807) is 30.3 Å². The molecule has 0 aromatic heterocycles. The van der Waals surface area contributed by atoms with Crippen molar-refractivity contribution < 1.29 is 38.7 Å². The molecule has 0 saturated heterocycles. The Kier molecular flexibility index (Phi) is 13.1. The summed E-state index contributed by atoms with van der Waals surface area (Å²) in [6.07, 6.45) is -3.28. The molecule has 0 fully saturated rings. The topological polar surface area (TPSA) is 89.9 Å². The largest absolute Gasteiger partial charge is 0.573 e. The first-order valence-electron chi connectivity index (χ1n) is 13.5. The van der Waals surface area contributed by atoms with Gasteiger partial charge in [0, 0.05) is 6.42 Å². The van der Waals surface area contributed by atoms with Gasteiger partial charge in [0.05, 0.1) is 15.6 Å². The van der Waals surface area contributed by atoms with Crippen LogP contribution in [0.1, 0.15) is 61.0 Å². The van der Waals surface area contributed by atoms with Crippen LogP contribution in [-0.2, 0) is 30.2 Å². The summed E-state index contributed by atoms with van der Waals surface area (Å²) in [5, 5.41) is 10.1. The lowest BCUT2D eigenvalue weighted by atomic mass is 9.98. The molecule has 0 heterocycles. The monoisotopic (exact) mass is 720 g/mol. The zero-order valence-electron chi connectivity index (χ0n) is 23.0. The fraction of sp³-hybridized carbons (Fsp3) is 0.387. The molecule has 3 aromatic rings. The standard InChI is InChI=1S/C31H33ClF3IO6/c1-2-41-28-18-21(9-7-13-27(37)30(38)23-10-4-3-5-11-23)14-16-24(28)20-25(36(39)40)12-6-8-22-15-17-26(32)29(19-22)42-31(33,34)35/h3-5,10-11,14-19,25,30,38H,2,6-9,12-13,20H2,1H3/t25?,30-/m0/s1. The van der Waals surface area contributed by atoms with E-state index in [2.05, 4.69) is 4.74 Å². The number of hydrogen-bond donors (Lipinski definition) is 1. The van der Waals surface area contributed by atoms with Gasteiger partial charge in [-0.2, -0.15) is 0 Å². The SMILES string of the molecule is CCOc1cc(CCCC(=O)[C@@H](O)c2ccccc2)ccc1CC(CCCc1ccc(Cl)c(OC(F)(F)F)c1)I(=O)=O. The number of aliphatic hydroxyl groups excluding tert-OH is 1. The summed E-state index contributed by atoms with van der Waals surface area (Å²) in [5.41, 5.74) is 2.80. The van der Waals surface area contributed by atoms with Gasteiger partial charge in [0.15, 0.2) is 5.78 Å². The van der Waals surface area contributed by atoms with Gasteiger partial charge in [-0.25, -0.2) is 6.14 Å². The minimum absolute atomic E-state index is 0.162. The number of Topliss-reactive ketones (excluding diaryl/α,β-unsaturated/α-hetero) is 1. The average molecular weight is 721 g/mol. The maximum atomic E-state index is 12.6. The van der Waals surface area contributed by atoms with Crippen LogP contribution in [0.5, 0.6) is 11.5 Å². The quantitative estimate of drug-likeness (QED) is 0.118. The Labute approximate surface area is 255 Å². The highest BCUT2D eigenvalue weighted by atomic mass is 127. The molecule has 2 atom stereocenters. The van der Waals surface area contributed by atoms with E-state index in [1.807, 2.05) is 31.2 Å². The maximum absolute atomic E-state index is 12.6. The van der Waals surface area contributed by atoms with Crippen LogP contribution in [0, 0.1) is 0 Å². The lowest BCUT2D eigenvalue weighted by molar-refractivity contribution is -0.274. The molecule has 1 N–H and O–H groups in total. The predicted molar refractivity (Wildman–Crippen MR) is 161 cm³/mol. The first-order chi connectivity index (χ1) is 20.0. The minimum Gasteiger partial charge on any atom is -0.494 e. The molecule has 0 saturated carbocycles. The van der Waals surface area contributed by atoms with Crippen LogP contribution in [0.25, 0.3) is 0 Å². The van der Waals surface area contributed by atoms with Crippen LogP contribution in [0.3, 0.4) is 0 Å². The molecule has 0 radical (unpaired) electrons. The van der Waals surface area contributed by atoms with E-state index in [4.69, 9.17) is 16.3 Å². The van der Waals surface area contributed by atoms with Crippen molar-refractivity contribution in [2.45, 2.75) is 68.3 Å². The number of aryl methyl sites for hydroxylation is 2. The first kappa shape index (κ1) is 33.8. The number of halogens is 5. The number of rotatable bonds is 16. The number of hydrogen-bond acceptors (Lipinski definition) is 6. The van der Waals surface area contributed by atoms with Gasteiger partial charge in [-0.3, -0.25) is 4.79 Å². The van der Waals surface area contributed by atoms with Crippen molar-refractivity contribution in [1.29, 1.82) is 0 Å². The summed E-state index contributed by atoms with van der Waals surface area (Å²) in [4.78, 5) is 12.4. The van der Waals surface area contributed by atoms with E-state index in [9.17, 15) is 29.2 Å². The van der Waals surface area contributed by atoms with Crippen LogP contribution in [-0.4, -0.2) is 27.8 Å². The fourth-order valence-electron chi connectivity index (χ4n) is 4.56. The molecule has 0 amide bonds. The third kappa shape index (κ3) is 10.9. The fourth-order valence-corrected chi connectivity index (χ4v) is 6.50. The first-order valence-corrected chi connectivity index (χ1v) is 16.9. The van der Waals surface area contributed by atoms with E-state index in [0.717, 1.165) is 11.1 Å². The smallest absolute Gasteiger partial charge is 0.494 e. The summed E-state index contributed by atoms with van der Waals surface area (Å²) in [6.45, 7) is 2.22. The number of carbonyl (C=O) groups is 1. The van der Waals surface area contributed by atoms with Crippen LogP contribution >= 0.6 is 31.4 Å². The summed E-state index contributed by atoms with van der Waals surface area (Å²) >= 11 is 2.07. The molecule has 3 rings (SSSR count). The van der Waals surface area contributed by atoms with Crippen LogP contribution in [0.2, 0.25) is 5.02 Å². The molecule has 11 heteroatoms. The molecule has 228 valence electrons. The van der Waals surface area contributed by atoms with Crippen molar-refractivity contribution in [3.63, 3.8) is 0 Å². The normalized spacial score (nSPS) is 13.1. The van der Waals surface area contributed by atoms with Gasteiger partial charge in [-0.1, -0.05) is 60.1 Å². The summed E-state index contributed by atoms with van der Waals surface area (Å²) in [5.74, 6) is -0.159. The van der Waals surface area contributed by atoms with Crippen LogP contribution in [0.4, 0.5) is 13.2 Å². The van der Waals surface area contributed by atoms with Gasteiger partial charge in [0.1, 0.15) is 17.6 Å². The Morgan fingerprint density at radius 1 is 0.952 bits per heavy atom. The Morgan fingerprint density at radius 3 is 2.24 bits per heavy atom. The summed E-state index contributed by atoms with van der Waals surface area (Å²) < 4.78 is 71.4. The molecular formula is C31H33ClF3IO6. The van der Waals surface area contributed by atoms with E-state index in [0.29, 0.717) is 55.6 Å². The number of aliphatic hydroxyl groups is 1. The molecule has 1 unspecified atom stereocenters. The van der Waals surface area contributed by atoms with Crippen molar-refractivity contribution in [2.75, 3.05) is 6.61 Å². The number of carbonyl (C=O) groups excluding carboxylic acids is 1. The number of ether oxygens (including phenoxy) is 2. The van der Waals surface area contributed by atoms with Crippen molar-refractivity contribution >= 4 is 37.2 Å². The van der Waals surface area contributed by atoms with Gasteiger partial charge in [-0.15, -0.1) is 13.2 Å². The van der Waals surface area contributed by atoms with Gasteiger partial charge < -0.3 is 14.6 Å². The van der Waals surface area contributed by atoms with Crippen LogP contribution < -0.4 is 9.47 Å². The minimum atomic E-state index is -4.87. The maximum Gasteiger partial charge on any atom is 0.573 e. The second kappa shape index (κ2) is 16.2. The second-order valence-corrected chi connectivity index (χ2v) is 13.3. The zero-order valence-corrected chi connectivity index (χ0v) is 26.0. The van der Waals surface area contributed by atoms with Gasteiger partial charge >= 0.3 is 26.2 Å². The van der Waals surface area contributed by atoms with E-state index >= 15 is 0 Å². The molecule has 0 aliphatic carbocycles. The molecule has 0 spiro atoms. The van der Waals surface area contributed by atoms with E-state index in [1.165, 1.54) is 12.1 Å². The third-order valence-corrected chi connectivity index (χ3v) is 9.45. The predicted octanol–water partition coefficient (Wildman–Crippen LogP) is 8.39. The Hall–Kier alpha value is -2.70. The van der Waals surface area contributed by atoms with E-state index < -0.39 is 41.9 Å². The molecule has 0 bridgehead atoms. The Bertz CT molecular complexity index is 1390. The molecule has 42 heavy (non-hydrogen) atoms. The third-order valence-electron chi connectivity index (χ3n) is 6.64. The highest BCUT2D eigenvalue weighted by molar-refractivity contribution is 14.2. The highest BCUT2D eigenvalue weighted by Gasteiger charge is 2.32. The van der Waals surface area contributed by atoms with Crippen molar-refractivity contribution in [3.8, 4) is 11.5 Å². The zero-order chi connectivity index (χ0) is 30.7. The summed E-state index contributed by atoms with van der Waals surface area (Å²) in [7, 11) is 0. The number of ketones is 1. The lowest BCUT2D eigenvalue weighted by Crippen LogP contribution is -2.17. The summed E-state index contributed by atoms with van der Waals surface area (Å²) in [6, 6.07) is 18.5. The van der Waals surface area contributed by atoms with Gasteiger partial charge in [0.2, 0.25) is 0 Å². The van der Waals surface area contributed by atoms with Crippen molar-refractivity contribution in [1.82, 2.24) is 0 Å². The average Bonchev–Trinajstić information content (AvgIpc) is 2.94. The molecule has 0 aliphatic rings. The molecule has 0 aliphatic heterocycles. The van der Waals surface area contributed by atoms with Gasteiger partial charge in [-0.05, 0) is 85.9 Å². The molecule has 6 nitrogen and oxygen atoms in total. The number of benzene rings is 3. The van der Waals surface area contributed by atoms with Crippen molar-refractivity contribution in [3.05, 3.63) is 94.0 Å². The highest BCUT2D eigenvalue weighted by Crippen LogP contribution is 2.33. The second-order valence-electron chi connectivity index (χ2n) is 9.76. The molecule has 3 aromatic carbocycles. The Morgan fingerprint density at radius 2 is 1.60 bits per heavy atom. The molecular weight excluding hydrogens is 688 g/mol. The lowest BCUT2D eigenvalue weighted by Gasteiger charge is -2.16. The van der Waals surface area contributed by atoms with E-state index in [-0.39, 0.29) is 23.6 Å². The van der Waals surface area contributed by atoms with Gasteiger partial charge in [0.25, 0.3) is 0 Å².